The summed E-state index contributed by atoms with van der Waals surface area (Å²) in [4.78, 5) is 44.8. The number of imide groups is 1. The lowest BCUT2D eigenvalue weighted by molar-refractivity contribution is -0.112. The quantitative estimate of drug-likeness (QED) is 0.348. The Morgan fingerprint density at radius 2 is 1.45 bits per heavy atom. The summed E-state index contributed by atoms with van der Waals surface area (Å²) in [6, 6.07) is 23.7. The highest BCUT2D eigenvalue weighted by Crippen LogP contribution is 2.41. The second kappa shape index (κ2) is 13.1. The van der Waals surface area contributed by atoms with E-state index in [2.05, 4.69) is 29.4 Å². The largest absolute Gasteiger partial charge is 0.354 e. The second-order valence-corrected chi connectivity index (χ2v) is 9.56. The molecule has 0 fully saturated rings. The Balaban J connectivity index is 1.66. The lowest BCUT2D eigenvalue weighted by Gasteiger charge is -2.22. The molecular weight excluding hydrogens is 502 g/mol. The number of benzene rings is 3. The van der Waals surface area contributed by atoms with E-state index >= 15 is 0 Å². The molecule has 8 nitrogen and oxygen atoms in total. The molecule has 0 radical (unpaired) electrons. The van der Waals surface area contributed by atoms with Crippen LogP contribution in [0.5, 0.6) is 0 Å². The molecule has 3 aromatic carbocycles. The first-order valence-electron chi connectivity index (χ1n) is 13.8. The lowest BCUT2D eigenvalue weighted by Crippen LogP contribution is -2.42. The minimum atomic E-state index is -0.387. The van der Waals surface area contributed by atoms with Crippen molar-refractivity contribution < 1.29 is 14.4 Å². The van der Waals surface area contributed by atoms with Crippen LogP contribution in [0.25, 0.3) is 11.3 Å². The van der Waals surface area contributed by atoms with Crippen LogP contribution in [0.1, 0.15) is 42.3 Å². The van der Waals surface area contributed by atoms with Gasteiger partial charge in [-0.2, -0.15) is 0 Å². The SMILES string of the molecule is CCN(CC)CCNC(=O)c1ccc(N/C(=C2\C(=O)N(C(=O)N(C)CC)c3ccccc32)c2ccccc2)cc1. The van der Waals surface area contributed by atoms with Gasteiger partial charge in [0.05, 0.1) is 17.0 Å². The number of carbonyl (C=O) groups is 3. The molecule has 4 amide bonds. The van der Waals surface area contributed by atoms with Crippen LogP contribution in [0.4, 0.5) is 16.2 Å². The van der Waals surface area contributed by atoms with Gasteiger partial charge in [0.25, 0.3) is 11.8 Å². The van der Waals surface area contributed by atoms with Gasteiger partial charge in [0.1, 0.15) is 0 Å². The third-order valence-corrected chi connectivity index (χ3v) is 7.16. The number of carbonyl (C=O) groups excluding carboxylic acids is 3. The standard InChI is InChI=1S/C32H37N5O3/c1-5-35(4)32(40)37-27-16-12-11-15-26(27)28(31(37)39)29(23-13-9-8-10-14-23)34-25-19-17-24(18-20-25)30(38)33-21-22-36(6-2)7-3/h8-20,34H,5-7,21-22H2,1-4H3,(H,33,38)/b29-28-. The van der Waals surface area contributed by atoms with Gasteiger partial charge in [-0.3, -0.25) is 9.59 Å². The van der Waals surface area contributed by atoms with Gasteiger partial charge in [0.2, 0.25) is 0 Å². The monoisotopic (exact) mass is 539 g/mol. The van der Waals surface area contributed by atoms with Crippen molar-refractivity contribution in [3.05, 3.63) is 95.6 Å². The van der Waals surface area contributed by atoms with Crippen molar-refractivity contribution in [3.63, 3.8) is 0 Å². The summed E-state index contributed by atoms with van der Waals surface area (Å²) < 4.78 is 0. The highest BCUT2D eigenvalue weighted by molar-refractivity contribution is 6.43. The molecule has 2 N–H and O–H groups in total. The van der Waals surface area contributed by atoms with Crippen molar-refractivity contribution in [2.24, 2.45) is 0 Å². The zero-order valence-electron chi connectivity index (χ0n) is 23.6. The van der Waals surface area contributed by atoms with Crippen molar-refractivity contribution in [2.45, 2.75) is 20.8 Å². The fourth-order valence-corrected chi connectivity index (χ4v) is 4.66. The third kappa shape index (κ3) is 6.07. The van der Waals surface area contributed by atoms with Crippen LogP contribution in [-0.4, -0.2) is 67.4 Å². The molecule has 1 heterocycles. The van der Waals surface area contributed by atoms with E-state index < -0.39 is 0 Å². The molecule has 4 rings (SSSR count). The topological polar surface area (TPSA) is 85.0 Å². The average Bonchev–Trinajstić information content (AvgIpc) is 3.29. The summed E-state index contributed by atoms with van der Waals surface area (Å²) in [5, 5.41) is 6.40. The fourth-order valence-electron chi connectivity index (χ4n) is 4.66. The Morgan fingerprint density at radius 1 is 0.800 bits per heavy atom. The van der Waals surface area contributed by atoms with Gasteiger partial charge < -0.3 is 20.4 Å². The number of fused-ring (bicyclic) bond motifs is 1. The van der Waals surface area contributed by atoms with Crippen LogP contribution in [-0.2, 0) is 4.79 Å². The second-order valence-electron chi connectivity index (χ2n) is 9.56. The molecule has 0 atom stereocenters. The summed E-state index contributed by atoms with van der Waals surface area (Å²) in [7, 11) is 1.68. The van der Waals surface area contributed by atoms with E-state index in [0.717, 1.165) is 25.2 Å². The van der Waals surface area contributed by atoms with E-state index in [4.69, 9.17) is 0 Å². The minimum absolute atomic E-state index is 0.130. The van der Waals surface area contributed by atoms with Crippen LogP contribution < -0.4 is 15.5 Å². The molecule has 0 saturated heterocycles. The van der Waals surface area contributed by atoms with Crippen molar-refractivity contribution in [1.29, 1.82) is 0 Å². The summed E-state index contributed by atoms with van der Waals surface area (Å²) in [6.45, 7) is 9.82. The molecule has 3 aromatic rings. The number of rotatable bonds is 10. The Labute approximate surface area is 236 Å². The maximum absolute atomic E-state index is 13.9. The average molecular weight is 540 g/mol. The number of urea groups is 1. The molecule has 1 aliphatic rings. The van der Waals surface area contributed by atoms with Crippen LogP contribution in [0.15, 0.2) is 78.9 Å². The lowest BCUT2D eigenvalue weighted by atomic mass is 10.00. The number of anilines is 2. The Bertz CT molecular complexity index is 1380. The Hall–Kier alpha value is -4.43. The molecule has 0 aromatic heterocycles. The van der Waals surface area contributed by atoms with E-state index in [1.807, 2.05) is 67.6 Å². The van der Waals surface area contributed by atoms with Gasteiger partial charge in [-0.25, -0.2) is 9.69 Å². The molecule has 1 aliphatic heterocycles. The maximum Gasteiger partial charge on any atom is 0.331 e. The Kier molecular flexibility index (Phi) is 9.35. The van der Waals surface area contributed by atoms with Crippen molar-refractivity contribution in [3.8, 4) is 0 Å². The number of likely N-dealkylation sites (N-methyl/N-ethyl adjacent to an activating group) is 1. The van der Waals surface area contributed by atoms with Gasteiger partial charge in [-0.1, -0.05) is 62.4 Å². The maximum atomic E-state index is 13.9. The first-order chi connectivity index (χ1) is 19.4. The predicted octanol–water partition coefficient (Wildman–Crippen LogP) is 5.16. The van der Waals surface area contributed by atoms with Gasteiger partial charge in [0.15, 0.2) is 0 Å². The molecule has 0 saturated carbocycles. The number of hydrogen-bond acceptors (Lipinski definition) is 5. The highest BCUT2D eigenvalue weighted by atomic mass is 16.2. The number of nitrogens with zero attached hydrogens (tertiary/aromatic N) is 3. The first kappa shape index (κ1) is 28.6. The van der Waals surface area contributed by atoms with Crippen LogP contribution >= 0.6 is 0 Å². The van der Waals surface area contributed by atoms with Gasteiger partial charge in [-0.15, -0.1) is 0 Å². The van der Waals surface area contributed by atoms with Gasteiger partial charge in [-0.05, 0) is 55.9 Å². The predicted molar refractivity (Wildman–Crippen MR) is 161 cm³/mol. The van der Waals surface area contributed by atoms with Gasteiger partial charge >= 0.3 is 6.03 Å². The summed E-state index contributed by atoms with van der Waals surface area (Å²) in [5.41, 5.74) is 4.31. The number of nitrogens with one attached hydrogen (secondary N) is 2. The highest BCUT2D eigenvalue weighted by Gasteiger charge is 2.39. The van der Waals surface area contributed by atoms with E-state index in [-0.39, 0.29) is 17.8 Å². The number of amides is 4. The van der Waals surface area contributed by atoms with Crippen molar-refractivity contribution in [2.75, 3.05) is 50.0 Å². The minimum Gasteiger partial charge on any atom is -0.354 e. The molecular formula is C32H37N5O3. The molecule has 0 bridgehead atoms. The van der Waals surface area contributed by atoms with E-state index in [1.54, 1.807) is 25.2 Å². The summed E-state index contributed by atoms with van der Waals surface area (Å²) in [6.07, 6.45) is 0. The van der Waals surface area contributed by atoms with Crippen LogP contribution in [0.3, 0.4) is 0 Å². The molecule has 0 unspecified atom stereocenters. The summed E-state index contributed by atoms with van der Waals surface area (Å²) in [5.74, 6) is -0.517. The number of para-hydroxylation sites is 1. The fraction of sp³-hybridized carbons (Fsp3) is 0.281. The van der Waals surface area contributed by atoms with E-state index in [9.17, 15) is 14.4 Å². The molecule has 8 heteroatoms. The van der Waals surface area contributed by atoms with E-state index in [1.165, 1.54) is 9.80 Å². The molecule has 0 spiro atoms. The van der Waals surface area contributed by atoms with Crippen LogP contribution in [0, 0.1) is 0 Å². The van der Waals surface area contributed by atoms with Crippen molar-refractivity contribution >= 4 is 40.5 Å². The van der Waals surface area contributed by atoms with Gasteiger partial charge in [0, 0.05) is 43.5 Å². The zero-order chi connectivity index (χ0) is 28.6. The van der Waals surface area contributed by atoms with E-state index in [0.29, 0.717) is 46.9 Å². The Morgan fingerprint density at radius 3 is 2.10 bits per heavy atom. The zero-order valence-corrected chi connectivity index (χ0v) is 23.6. The smallest absolute Gasteiger partial charge is 0.331 e. The third-order valence-electron chi connectivity index (χ3n) is 7.16. The first-order valence-corrected chi connectivity index (χ1v) is 13.8. The van der Waals surface area contributed by atoms with Crippen molar-refractivity contribution in [1.82, 2.24) is 15.1 Å². The summed E-state index contributed by atoms with van der Waals surface area (Å²) >= 11 is 0. The molecule has 208 valence electrons. The normalized spacial score (nSPS) is 13.7. The molecule has 0 aliphatic carbocycles. The van der Waals surface area contributed by atoms with Crippen LogP contribution in [0.2, 0.25) is 0 Å². The molecule has 40 heavy (non-hydrogen) atoms. The number of hydrogen-bond donors (Lipinski definition) is 2.